The minimum atomic E-state index is 0.417. The van der Waals surface area contributed by atoms with E-state index in [1.165, 1.54) is 0 Å². The number of ether oxygens (including phenoxy) is 1. The quantitative estimate of drug-likeness (QED) is 0.327. The number of hydrogen-bond acceptors (Lipinski definition) is 5. The van der Waals surface area contributed by atoms with Crippen LogP contribution in [0.4, 0.5) is 5.95 Å². The summed E-state index contributed by atoms with van der Waals surface area (Å²) in [5.41, 5.74) is 6.46. The molecular formula is C23H19ClN4O. The lowest BCUT2D eigenvalue weighted by atomic mass is 10.1. The minimum absolute atomic E-state index is 0.417. The highest BCUT2D eigenvalue weighted by Crippen LogP contribution is 2.29. The fourth-order valence-electron chi connectivity index (χ4n) is 2.95. The fourth-order valence-corrected chi connectivity index (χ4v) is 3.12. The predicted octanol–water partition coefficient (Wildman–Crippen LogP) is 5.79. The van der Waals surface area contributed by atoms with Crippen molar-refractivity contribution in [2.24, 2.45) is 5.10 Å². The Labute approximate surface area is 174 Å². The van der Waals surface area contributed by atoms with E-state index in [1.54, 1.807) is 6.21 Å². The molecule has 1 N–H and O–H groups in total. The smallest absolute Gasteiger partial charge is 0.244 e. The van der Waals surface area contributed by atoms with Gasteiger partial charge in [-0.05, 0) is 55.0 Å². The Morgan fingerprint density at radius 3 is 2.55 bits per heavy atom. The first-order valence-electron chi connectivity index (χ1n) is 9.27. The predicted molar refractivity (Wildman–Crippen MR) is 119 cm³/mol. The third-order valence-corrected chi connectivity index (χ3v) is 4.51. The van der Waals surface area contributed by atoms with Crippen LogP contribution in [0.5, 0.6) is 5.75 Å². The number of halogens is 1. The Balaban J connectivity index is 1.63. The molecule has 0 aliphatic rings. The molecule has 0 fully saturated rings. The van der Waals surface area contributed by atoms with Crippen LogP contribution in [0.25, 0.3) is 22.2 Å². The fraction of sp³-hybridized carbons (Fsp3) is 0.0870. The molecule has 4 aromatic rings. The van der Waals surface area contributed by atoms with Crippen molar-refractivity contribution >= 4 is 34.7 Å². The van der Waals surface area contributed by atoms with Crippen LogP contribution < -0.4 is 10.2 Å². The maximum atomic E-state index is 6.20. The van der Waals surface area contributed by atoms with Gasteiger partial charge in [0.05, 0.1) is 24.0 Å². The molecule has 0 atom stereocenters. The second-order valence-electron chi connectivity index (χ2n) is 6.30. The van der Waals surface area contributed by atoms with Crippen molar-refractivity contribution < 1.29 is 4.74 Å². The first-order valence-corrected chi connectivity index (χ1v) is 9.65. The number of hydrogen-bond donors (Lipinski definition) is 1. The van der Waals surface area contributed by atoms with Crippen molar-refractivity contribution in [1.29, 1.82) is 0 Å². The van der Waals surface area contributed by atoms with Crippen molar-refractivity contribution in [3.05, 3.63) is 83.4 Å². The topological polar surface area (TPSA) is 59.4 Å². The van der Waals surface area contributed by atoms with Crippen molar-refractivity contribution in [3.63, 3.8) is 0 Å². The van der Waals surface area contributed by atoms with Gasteiger partial charge in [-0.15, -0.1) is 0 Å². The molecule has 0 unspecified atom stereocenters. The lowest BCUT2D eigenvalue weighted by molar-refractivity contribution is 0.340. The molecule has 5 nitrogen and oxygen atoms in total. The first kappa shape index (κ1) is 18.9. The number of fused-ring (bicyclic) bond motifs is 1. The number of nitrogens with zero attached hydrogens (tertiary/aromatic N) is 3. The van der Waals surface area contributed by atoms with E-state index in [4.69, 9.17) is 16.3 Å². The SMILES string of the molecule is CCOc1ccc(/C=N\Nc2nc(-c3ccccc3)c3cc(Cl)ccc3n2)cc1. The van der Waals surface area contributed by atoms with Gasteiger partial charge in [0.2, 0.25) is 5.95 Å². The summed E-state index contributed by atoms with van der Waals surface area (Å²) >= 11 is 6.20. The van der Waals surface area contributed by atoms with Crippen LogP contribution in [0.1, 0.15) is 12.5 Å². The highest BCUT2D eigenvalue weighted by molar-refractivity contribution is 6.31. The summed E-state index contributed by atoms with van der Waals surface area (Å²) in [6.45, 7) is 2.60. The summed E-state index contributed by atoms with van der Waals surface area (Å²) < 4.78 is 5.45. The van der Waals surface area contributed by atoms with E-state index >= 15 is 0 Å². The van der Waals surface area contributed by atoms with Crippen molar-refractivity contribution in [3.8, 4) is 17.0 Å². The third kappa shape index (κ3) is 4.52. The molecule has 0 saturated heterocycles. The molecular weight excluding hydrogens is 384 g/mol. The zero-order valence-electron chi connectivity index (χ0n) is 15.8. The Morgan fingerprint density at radius 1 is 1.00 bits per heavy atom. The van der Waals surface area contributed by atoms with Crippen molar-refractivity contribution in [1.82, 2.24) is 9.97 Å². The second-order valence-corrected chi connectivity index (χ2v) is 6.73. The Hall–Kier alpha value is -3.44. The van der Waals surface area contributed by atoms with E-state index in [9.17, 15) is 0 Å². The maximum Gasteiger partial charge on any atom is 0.244 e. The lowest BCUT2D eigenvalue weighted by Crippen LogP contribution is -2.00. The summed E-state index contributed by atoms with van der Waals surface area (Å²) in [6, 6.07) is 23.2. The van der Waals surface area contributed by atoms with E-state index < -0.39 is 0 Å². The number of rotatable bonds is 6. The first-order chi connectivity index (χ1) is 14.2. The lowest BCUT2D eigenvalue weighted by Gasteiger charge is -2.09. The summed E-state index contributed by atoms with van der Waals surface area (Å²) in [4.78, 5) is 9.22. The second kappa shape index (κ2) is 8.71. The number of benzene rings is 3. The van der Waals surface area contributed by atoms with Crippen LogP contribution in [0, 0.1) is 0 Å². The van der Waals surface area contributed by atoms with E-state index in [1.807, 2.05) is 79.7 Å². The van der Waals surface area contributed by atoms with Gasteiger partial charge in [0.15, 0.2) is 0 Å². The molecule has 4 rings (SSSR count). The molecule has 1 aromatic heterocycles. The number of nitrogens with one attached hydrogen (secondary N) is 1. The Morgan fingerprint density at radius 2 is 1.79 bits per heavy atom. The third-order valence-electron chi connectivity index (χ3n) is 4.27. The average molecular weight is 403 g/mol. The molecule has 0 spiro atoms. The van der Waals surface area contributed by atoms with Gasteiger partial charge in [-0.1, -0.05) is 41.9 Å². The van der Waals surface area contributed by atoms with Crippen LogP contribution in [-0.2, 0) is 0 Å². The number of anilines is 1. The summed E-state index contributed by atoms with van der Waals surface area (Å²) in [5.74, 6) is 1.25. The van der Waals surface area contributed by atoms with Crippen LogP contribution in [0.15, 0.2) is 77.9 Å². The van der Waals surface area contributed by atoms with Gasteiger partial charge in [0, 0.05) is 16.0 Å². The molecule has 3 aromatic carbocycles. The standard InChI is InChI=1S/C23H19ClN4O/c1-2-29-19-11-8-16(9-12-19)15-25-28-23-26-21-13-10-18(24)14-20(21)22(27-23)17-6-4-3-5-7-17/h3-15H,2H2,1H3,(H,26,27,28)/b25-15-. The molecule has 0 aliphatic carbocycles. The molecule has 6 heteroatoms. The van der Waals surface area contributed by atoms with Gasteiger partial charge >= 0.3 is 0 Å². The Bertz CT molecular complexity index is 1140. The molecule has 29 heavy (non-hydrogen) atoms. The summed E-state index contributed by atoms with van der Waals surface area (Å²) in [5, 5.41) is 5.82. The van der Waals surface area contributed by atoms with Crippen LogP contribution >= 0.6 is 11.6 Å². The largest absolute Gasteiger partial charge is 0.494 e. The van der Waals surface area contributed by atoms with E-state index in [0.29, 0.717) is 17.6 Å². The van der Waals surface area contributed by atoms with Gasteiger partial charge in [0.1, 0.15) is 5.75 Å². The number of aromatic nitrogens is 2. The maximum absolute atomic E-state index is 6.20. The van der Waals surface area contributed by atoms with Crippen molar-refractivity contribution in [2.75, 3.05) is 12.0 Å². The zero-order chi connectivity index (χ0) is 20.1. The van der Waals surface area contributed by atoms with Crippen molar-refractivity contribution in [2.45, 2.75) is 6.92 Å². The normalized spacial score (nSPS) is 11.1. The molecule has 0 amide bonds. The van der Waals surface area contributed by atoms with E-state index in [0.717, 1.165) is 33.5 Å². The minimum Gasteiger partial charge on any atom is -0.494 e. The molecule has 0 saturated carbocycles. The van der Waals surface area contributed by atoms with Gasteiger partial charge < -0.3 is 4.74 Å². The van der Waals surface area contributed by atoms with E-state index in [2.05, 4.69) is 20.5 Å². The molecule has 0 radical (unpaired) electrons. The Kier molecular flexibility index (Phi) is 5.68. The zero-order valence-corrected chi connectivity index (χ0v) is 16.6. The van der Waals surface area contributed by atoms with Gasteiger partial charge in [-0.2, -0.15) is 5.10 Å². The average Bonchev–Trinajstić information content (AvgIpc) is 2.75. The molecule has 144 valence electrons. The highest BCUT2D eigenvalue weighted by atomic mass is 35.5. The highest BCUT2D eigenvalue weighted by Gasteiger charge is 2.10. The molecule has 0 aliphatic heterocycles. The van der Waals surface area contributed by atoms with Gasteiger partial charge in [0.25, 0.3) is 0 Å². The summed E-state index contributed by atoms with van der Waals surface area (Å²) in [6.07, 6.45) is 1.72. The van der Waals surface area contributed by atoms with Crippen LogP contribution in [0.3, 0.4) is 0 Å². The molecule has 0 bridgehead atoms. The van der Waals surface area contributed by atoms with Crippen LogP contribution in [0.2, 0.25) is 5.02 Å². The number of hydrazone groups is 1. The summed E-state index contributed by atoms with van der Waals surface area (Å²) in [7, 11) is 0. The monoisotopic (exact) mass is 402 g/mol. The van der Waals surface area contributed by atoms with Gasteiger partial charge in [-0.3, -0.25) is 0 Å². The van der Waals surface area contributed by atoms with E-state index in [-0.39, 0.29) is 0 Å². The van der Waals surface area contributed by atoms with Crippen LogP contribution in [-0.4, -0.2) is 22.8 Å². The molecule has 1 heterocycles. The van der Waals surface area contributed by atoms with Gasteiger partial charge in [-0.25, -0.2) is 15.4 Å².